The normalized spacial score (nSPS) is 20.5. The molecule has 1 aromatic heterocycles. The van der Waals surface area contributed by atoms with E-state index in [4.69, 9.17) is 18.0 Å². The monoisotopic (exact) mass is 468 g/mol. The molecule has 174 valence electrons. The minimum absolute atomic E-state index is 0.00442. The van der Waals surface area contributed by atoms with Crippen LogP contribution in [0.25, 0.3) is 0 Å². The molecule has 1 aliphatic heterocycles. The number of aromatic nitrogens is 2. The molecule has 2 aromatic carbocycles. The second kappa shape index (κ2) is 9.50. The Morgan fingerprint density at radius 3 is 2.24 bits per heavy atom. The van der Waals surface area contributed by atoms with Crippen LogP contribution in [-0.2, 0) is 20.9 Å². The van der Waals surface area contributed by atoms with Gasteiger partial charge in [0.15, 0.2) is 6.10 Å². The Morgan fingerprint density at radius 2 is 1.70 bits per heavy atom. The highest BCUT2D eigenvalue weighted by molar-refractivity contribution is 6.99. The van der Waals surface area contributed by atoms with Crippen molar-refractivity contribution < 1.29 is 22.8 Å². The van der Waals surface area contributed by atoms with E-state index in [-0.39, 0.29) is 23.2 Å². The minimum atomic E-state index is -2.87. The topological polar surface area (TPSA) is 74.6 Å². The van der Waals surface area contributed by atoms with Gasteiger partial charge in [-0.1, -0.05) is 81.4 Å². The number of rotatable bonds is 8. The molecule has 0 bridgehead atoms. The van der Waals surface area contributed by atoms with Crippen LogP contribution >= 0.6 is 0 Å². The quantitative estimate of drug-likeness (QED) is 0.406. The van der Waals surface area contributed by atoms with Crippen LogP contribution in [0.4, 0.5) is 5.69 Å². The number of ether oxygens (including phenoxy) is 2. The summed E-state index contributed by atoms with van der Waals surface area (Å²) in [6.07, 6.45) is 0.678. The number of aryl methyl sites for hydroxylation is 1. The van der Waals surface area contributed by atoms with Crippen molar-refractivity contribution in [3.63, 3.8) is 0 Å². The third-order valence-corrected chi connectivity index (χ3v) is 10.9. The van der Waals surface area contributed by atoms with Crippen molar-refractivity contribution in [1.29, 1.82) is 0 Å². The van der Waals surface area contributed by atoms with E-state index in [0.717, 1.165) is 15.1 Å². The van der Waals surface area contributed by atoms with E-state index in [9.17, 15) is 4.79 Å². The average molecular weight is 469 g/mol. The summed E-state index contributed by atoms with van der Waals surface area (Å²) in [5.41, 5.74) is 0.164. The zero-order chi connectivity index (χ0) is 26.0. The Morgan fingerprint density at radius 1 is 1.09 bits per heavy atom. The van der Waals surface area contributed by atoms with E-state index in [1.54, 1.807) is 0 Å². The van der Waals surface area contributed by atoms with E-state index in [2.05, 4.69) is 55.5 Å². The van der Waals surface area contributed by atoms with Gasteiger partial charge in [-0.15, -0.1) is 5.10 Å². The van der Waals surface area contributed by atoms with E-state index >= 15 is 0 Å². The molecule has 1 N–H and O–H groups in total. The Balaban J connectivity index is 1.72. The van der Waals surface area contributed by atoms with Crippen molar-refractivity contribution in [2.45, 2.75) is 38.0 Å². The maximum absolute atomic E-state index is 11.1. The van der Waals surface area contributed by atoms with E-state index in [0.29, 0.717) is 13.0 Å². The predicted octanol–water partition coefficient (Wildman–Crippen LogP) is 2.71. The van der Waals surface area contributed by atoms with Gasteiger partial charge in [-0.25, -0.2) is 0 Å². The van der Waals surface area contributed by atoms with Crippen LogP contribution in [0.5, 0.6) is 5.88 Å². The lowest BCUT2D eigenvalue weighted by Gasteiger charge is -2.45. The second-order valence-corrected chi connectivity index (χ2v) is 13.3. The molecule has 2 heterocycles. The highest BCUT2D eigenvalue weighted by atomic mass is 28.4. The van der Waals surface area contributed by atoms with Gasteiger partial charge < -0.3 is 19.2 Å². The van der Waals surface area contributed by atoms with Crippen molar-refractivity contribution in [2.75, 3.05) is 18.5 Å². The Hall–Kier alpha value is -2.94. The first-order chi connectivity index (χ1) is 17.1. The summed E-state index contributed by atoms with van der Waals surface area (Å²) in [5, 5.41) is 8.56. The lowest BCUT2D eigenvalue weighted by Crippen LogP contribution is -2.68. The SMILES string of the molecule is [2H]C([2H])([2H])n1cc(NC=O)c(O[C@@H]2COC[C@@H]2O[Si](c2ccccc2)(c2ccccc2)C(C)(C)C)n1. The fourth-order valence-electron chi connectivity index (χ4n) is 4.40. The molecule has 4 rings (SSSR count). The van der Waals surface area contributed by atoms with Crippen LogP contribution in [-0.4, -0.2) is 49.9 Å². The van der Waals surface area contributed by atoms with Crippen LogP contribution < -0.4 is 20.4 Å². The van der Waals surface area contributed by atoms with Crippen molar-refractivity contribution in [1.82, 2.24) is 9.78 Å². The first kappa shape index (κ1) is 19.5. The van der Waals surface area contributed by atoms with Gasteiger partial charge in [0.05, 0.1) is 19.4 Å². The molecular formula is C25H31N3O4Si. The number of carbonyl (C=O) groups is 1. The highest BCUT2D eigenvalue weighted by Gasteiger charge is 2.53. The number of carbonyl (C=O) groups excluding carboxylic acids is 1. The molecule has 0 saturated carbocycles. The van der Waals surface area contributed by atoms with Crippen molar-refractivity contribution in [2.24, 2.45) is 6.98 Å². The molecule has 2 atom stereocenters. The minimum Gasteiger partial charge on any atom is -0.467 e. The van der Waals surface area contributed by atoms with Crippen LogP contribution in [0.2, 0.25) is 5.04 Å². The summed E-state index contributed by atoms with van der Waals surface area (Å²) in [7, 11) is -2.87. The Bertz CT molecular complexity index is 1130. The van der Waals surface area contributed by atoms with E-state index in [1.807, 2.05) is 36.4 Å². The van der Waals surface area contributed by atoms with E-state index < -0.39 is 27.5 Å². The number of nitrogens with one attached hydrogen (secondary N) is 1. The Labute approximate surface area is 200 Å². The largest absolute Gasteiger partial charge is 0.467 e. The lowest BCUT2D eigenvalue weighted by atomic mass is 10.2. The van der Waals surface area contributed by atoms with Gasteiger partial charge in [0.25, 0.3) is 14.2 Å². The molecular weight excluding hydrogens is 434 g/mol. The number of nitrogens with zero attached hydrogens (tertiary/aromatic N) is 2. The number of amides is 1. The van der Waals surface area contributed by atoms with Gasteiger partial charge in [0, 0.05) is 11.1 Å². The fourth-order valence-corrected chi connectivity index (χ4v) is 9.09. The summed E-state index contributed by atoms with van der Waals surface area (Å²) in [6.45, 7) is 4.60. The van der Waals surface area contributed by atoms with Crippen LogP contribution in [0.1, 0.15) is 24.9 Å². The second-order valence-electron chi connectivity index (χ2n) is 9.07. The zero-order valence-electron chi connectivity index (χ0n) is 22.0. The van der Waals surface area contributed by atoms with Crippen LogP contribution in [0, 0.1) is 0 Å². The molecule has 1 aliphatic rings. The maximum atomic E-state index is 11.1. The number of hydrogen-bond donors (Lipinski definition) is 1. The van der Waals surface area contributed by atoms with Crippen LogP contribution in [0.3, 0.4) is 0 Å². The zero-order valence-corrected chi connectivity index (χ0v) is 20.0. The van der Waals surface area contributed by atoms with Gasteiger partial charge in [-0.3, -0.25) is 9.48 Å². The number of anilines is 1. The van der Waals surface area contributed by atoms with Crippen molar-refractivity contribution in [3.8, 4) is 5.88 Å². The molecule has 0 aliphatic carbocycles. The third-order valence-electron chi connectivity index (χ3n) is 5.88. The molecule has 1 saturated heterocycles. The average Bonchev–Trinajstić information content (AvgIpc) is 3.45. The van der Waals surface area contributed by atoms with Gasteiger partial charge >= 0.3 is 0 Å². The number of benzene rings is 2. The molecule has 33 heavy (non-hydrogen) atoms. The molecule has 1 fully saturated rings. The molecule has 3 aromatic rings. The van der Waals surface area contributed by atoms with E-state index in [1.165, 1.54) is 6.20 Å². The fraction of sp³-hybridized carbons (Fsp3) is 0.360. The molecule has 0 radical (unpaired) electrons. The van der Waals surface area contributed by atoms with Gasteiger partial charge in [-0.05, 0) is 15.4 Å². The molecule has 7 nitrogen and oxygen atoms in total. The molecule has 1 amide bonds. The molecule has 8 heteroatoms. The van der Waals surface area contributed by atoms with Crippen molar-refractivity contribution >= 4 is 30.8 Å². The van der Waals surface area contributed by atoms with Crippen molar-refractivity contribution in [3.05, 3.63) is 66.9 Å². The molecule has 0 spiro atoms. The summed E-state index contributed by atoms with van der Waals surface area (Å²) in [6, 6.07) is 20.5. The smallest absolute Gasteiger partial charge is 0.261 e. The standard InChI is InChI=1S/C25H31N3O4Si/c1-25(2,3)33(19-11-7-5-8-12-19,20-13-9-6-10-14-20)32-23-17-30-16-22(23)31-24-21(26-18-29)15-28(4)27-24/h5-15,18,22-23H,16-17H2,1-4H3,(H,26,29)/t22-,23+/m1/s1/i4D3. The molecule has 0 unspecified atom stereocenters. The Kier molecular flexibility index (Phi) is 5.62. The van der Waals surface area contributed by atoms with Gasteiger partial charge in [0.2, 0.25) is 6.41 Å². The summed E-state index contributed by atoms with van der Waals surface area (Å²) >= 11 is 0. The maximum Gasteiger partial charge on any atom is 0.261 e. The first-order valence-corrected chi connectivity index (χ1v) is 12.8. The van der Waals surface area contributed by atoms with Gasteiger partial charge in [0.1, 0.15) is 11.8 Å². The number of hydrogen-bond acceptors (Lipinski definition) is 5. The summed E-state index contributed by atoms with van der Waals surface area (Å²) in [5.74, 6) is 0.00442. The first-order valence-electron chi connectivity index (χ1n) is 12.4. The lowest BCUT2D eigenvalue weighted by molar-refractivity contribution is -0.105. The summed E-state index contributed by atoms with van der Waals surface area (Å²) < 4.78 is 42.8. The highest BCUT2D eigenvalue weighted by Crippen LogP contribution is 2.39. The third kappa shape index (κ3) is 4.59. The van der Waals surface area contributed by atoms with Gasteiger partial charge in [-0.2, -0.15) is 0 Å². The van der Waals surface area contributed by atoms with Crippen LogP contribution in [0.15, 0.2) is 66.9 Å². The summed E-state index contributed by atoms with van der Waals surface area (Å²) in [4.78, 5) is 11.1. The predicted molar refractivity (Wildman–Crippen MR) is 131 cm³/mol.